The van der Waals surface area contributed by atoms with Gasteiger partial charge in [0.1, 0.15) is 6.54 Å². The Hall–Kier alpha value is -2.44. The lowest BCUT2D eigenvalue weighted by Gasteiger charge is -2.33. The highest BCUT2D eigenvalue weighted by Gasteiger charge is 2.27. The molecule has 0 bridgehead atoms. The van der Waals surface area contributed by atoms with Crippen molar-refractivity contribution in [2.75, 3.05) is 18.0 Å². The summed E-state index contributed by atoms with van der Waals surface area (Å²) in [6.45, 7) is 3.76. The average molecular weight is 355 g/mol. The van der Waals surface area contributed by atoms with Crippen molar-refractivity contribution in [2.24, 2.45) is 0 Å². The summed E-state index contributed by atoms with van der Waals surface area (Å²) in [6.07, 6.45) is 8.35. The lowest BCUT2D eigenvalue weighted by molar-refractivity contribution is -0.137. The van der Waals surface area contributed by atoms with Crippen LogP contribution in [0.4, 0.5) is 5.95 Å². The number of hydrogen-bond donors (Lipinski definition) is 1. The van der Waals surface area contributed by atoms with Gasteiger partial charge in [-0.25, -0.2) is 9.97 Å². The maximum atomic E-state index is 11.1. The first-order valence-electron chi connectivity index (χ1n) is 9.46. The third kappa shape index (κ3) is 3.30. The summed E-state index contributed by atoms with van der Waals surface area (Å²) in [6, 6.07) is 1.94. The maximum Gasteiger partial charge on any atom is 0.325 e. The quantitative estimate of drug-likeness (QED) is 0.906. The van der Waals surface area contributed by atoms with Gasteiger partial charge in [0.25, 0.3) is 0 Å². The Labute approximate surface area is 153 Å². The van der Waals surface area contributed by atoms with Crippen molar-refractivity contribution < 1.29 is 9.90 Å². The molecular formula is C19H25N5O2. The minimum absolute atomic E-state index is 0.0900. The molecule has 0 saturated carbocycles. The van der Waals surface area contributed by atoms with Crippen LogP contribution in [0, 0.1) is 6.92 Å². The normalized spacial score (nSPS) is 20.0. The van der Waals surface area contributed by atoms with Gasteiger partial charge < -0.3 is 10.0 Å². The summed E-state index contributed by atoms with van der Waals surface area (Å²) in [4.78, 5) is 23.0. The van der Waals surface area contributed by atoms with Crippen LogP contribution in [0.3, 0.4) is 0 Å². The van der Waals surface area contributed by atoms with Crippen molar-refractivity contribution in [3.8, 4) is 0 Å². The van der Waals surface area contributed by atoms with Crippen LogP contribution in [0.25, 0.3) is 0 Å². The van der Waals surface area contributed by atoms with Crippen LogP contribution >= 0.6 is 0 Å². The molecule has 1 aliphatic carbocycles. The van der Waals surface area contributed by atoms with Gasteiger partial charge in [0.2, 0.25) is 5.95 Å². The van der Waals surface area contributed by atoms with Gasteiger partial charge in [-0.1, -0.05) is 0 Å². The van der Waals surface area contributed by atoms with Gasteiger partial charge in [-0.05, 0) is 57.1 Å². The molecule has 1 fully saturated rings. The highest BCUT2D eigenvalue weighted by molar-refractivity contribution is 5.66. The smallest absolute Gasteiger partial charge is 0.325 e. The molecule has 138 valence electrons. The van der Waals surface area contributed by atoms with E-state index >= 15 is 0 Å². The Morgan fingerprint density at radius 1 is 1.27 bits per heavy atom. The maximum absolute atomic E-state index is 11.1. The van der Waals surface area contributed by atoms with Crippen molar-refractivity contribution in [1.82, 2.24) is 19.7 Å². The van der Waals surface area contributed by atoms with E-state index in [1.54, 1.807) is 10.9 Å². The van der Waals surface area contributed by atoms with Gasteiger partial charge in [-0.3, -0.25) is 9.48 Å². The fourth-order valence-corrected chi connectivity index (χ4v) is 4.26. The number of nitrogens with zero attached hydrogens (tertiary/aromatic N) is 5. The van der Waals surface area contributed by atoms with Crippen molar-refractivity contribution in [3.63, 3.8) is 0 Å². The van der Waals surface area contributed by atoms with Gasteiger partial charge in [0.05, 0.1) is 0 Å². The number of carboxylic acid groups (broad SMARTS) is 1. The van der Waals surface area contributed by atoms with Crippen LogP contribution in [0.2, 0.25) is 0 Å². The molecule has 1 atom stereocenters. The topological polar surface area (TPSA) is 84.1 Å². The van der Waals surface area contributed by atoms with E-state index in [2.05, 4.69) is 16.9 Å². The fraction of sp³-hybridized carbons (Fsp3) is 0.579. The zero-order valence-corrected chi connectivity index (χ0v) is 15.2. The second-order valence-electron chi connectivity index (χ2n) is 7.33. The summed E-state index contributed by atoms with van der Waals surface area (Å²) >= 11 is 0. The zero-order chi connectivity index (χ0) is 18.1. The number of piperidine rings is 1. The molecule has 0 spiro atoms. The lowest BCUT2D eigenvalue weighted by Crippen LogP contribution is -2.37. The van der Waals surface area contributed by atoms with E-state index in [0.717, 1.165) is 56.1 Å². The summed E-state index contributed by atoms with van der Waals surface area (Å²) < 4.78 is 1.61. The number of anilines is 1. The van der Waals surface area contributed by atoms with Crippen LogP contribution in [-0.2, 0) is 24.2 Å². The molecule has 2 aliphatic rings. The Morgan fingerprint density at radius 2 is 2.12 bits per heavy atom. The molecule has 7 nitrogen and oxygen atoms in total. The SMILES string of the molecule is Cc1nc(N2CCCC(c3ccnn3CC(=O)O)C2)nc2c1CCCC2. The summed E-state index contributed by atoms with van der Waals surface area (Å²) in [5.74, 6) is 0.221. The molecule has 3 heterocycles. The minimum Gasteiger partial charge on any atom is -0.480 e. The predicted molar refractivity (Wildman–Crippen MR) is 97.5 cm³/mol. The second-order valence-corrected chi connectivity index (χ2v) is 7.33. The van der Waals surface area contributed by atoms with Crippen LogP contribution in [0.15, 0.2) is 12.3 Å². The number of hydrogen-bond acceptors (Lipinski definition) is 5. The van der Waals surface area contributed by atoms with E-state index in [9.17, 15) is 4.79 Å². The Bertz CT molecular complexity index is 816. The monoisotopic (exact) mass is 355 g/mol. The van der Waals surface area contributed by atoms with Crippen molar-refractivity contribution in [1.29, 1.82) is 0 Å². The first-order chi connectivity index (χ1) is 12.6. The van der Waals surface area contributed by atoms with Gasteiger partial charge in [0.15, 0.2) is 0 Å². The molecule has 2 aromatic heterocycles. The highest BCUT2D eigenvalue weighted by Crippen LogP contribution is 2.30. The van der Waals surface area contributed by atoms with E-state index in [1.165, 1.54) is 24.1 Å². The standard InChI is InChI=1S/C19H25N5O2/c1-13-15-6-2-3-7-16(15)22-19(21-13)23-10-4-5-14(11-23)17-8-9-20-24(17)12-18(25)26/h8-9,14H,2-7,10-12H2,1H3,(H,25,26). The molecule has 0 radical (unpaired) electrons. The van der Waals surface area contributed by atoms with Gasteiger partial charge in [-0.2, -0.15) is 5.10 Å². The van der Waals surface area contributed by atoms with Crippen molar-refractivity contribution in [2.45, 2.75) is 57.9 Å². The number of aliphatic carboxylic acids is 1. The first kappa shape index (κ1) is 17.0. The molecule has 1 saturated heterocycles. The van der Waals surface area contributed by atoms with Gasteiger partial charge in [-0.15, -0.1) is 0 Å². The Kier molecular flexibility index (Phi) is 4.61. The van der Waals surface area contributed by atoms with E-state index in [1.807, 2.05) is 6.07 Å². The van der Waals surface area contributed by atoms with Crippen LogP contribution < -0.4 is 4.90 Å². The Morgan fingerprint density at radius 3 is 2.96 bits per heavy atom. The number of aromatic nitrogens is 4. The van der Waals surface area contributed by atoms with Crippen LogP contribution in [0.5, 0.6) is 0 Å². The van der Waals surface area contributed by atoms with Crippen molar-refractivity contribution >= 4 is 11.9 Å². The fourth-order valence-electron chi connectivity index (χ4n) is 4.26. The number of fused-ring (bicyclic) bond motifs is 1. The second kappa shape index (κ2) is 7.05. The van der Waals surface area contributed by atoms with Crippen molar-refractivity contribution in [3.05, 3.63) is 34.9 Å². The molecule has 0 amide bonds. The van der Waals surface area contributed by atoms with E-state index in [4.69, 9.17) is 15.1 Å². The van der Waals surface area contributed by atoms with Gasteiger partial charge >= 0.3 is 5.97 Å². The first-order valence-corrected chi connectivity index (χ1v) is 9.46. The van der Waals surface area contributed by atoms with Crippen LogP contribution in [0.1, 0.15) is 54.2 Å². The molecule has 1 unspecified atom stereocenters. The largest absolute Gasteiger partial charge is 0.480 e. The summed E-state index contributed by atoms with van der Waals surface area (Å²) in [7, 11) is 0. The number of carbonyl (C=O) groups is 1. The van der Waals surface area contributed by atoms with E-state index in [0.29, 0.717) is 0 Å². The molecule has 4 rings (SSSR count). The predicted octanol–water partition coefficient (Wildman–Crippen LogP) is 2.33. The molecule has 26 heavy (non-hydrogen) atoms. The molecule has 0 aromatic carbocycles. The summed E-state index contributed by atoms with van der Waals surface area (Å²) in [5.41, 5.74) is 4.67. The third-order valence-corrected chi connectivity index (χ3v) is 5.54. The molecule has 7 heteroatoms. The third-order valence-electron chi connectivity index (χ3n) is 5.54. The average Bonchev–Trinajstić information content (AvgIpc) is 3.09. The number of rotatable bonds is 4. The lowest BCUT2D eigenvalue weighted by atomic mass is 9.94. The van der Waals surface area contributed by atoms with Gasteiger partial charge in [0, 0.05) is 42.3 Å². The number of aryl methyl sites for hydroxylation is 2. The van der Waals surface area contributed by atoms with Crippen LogP contribution in [-0.4, -0.2) is 43.9 Å². The Balaban J connectivity index is 1.57. The molecule has 1 N–H and O–H groups in total. The number of carboxylic acids is 1. The zero-order valence-electron chi connectivity index (χ0n) is 15.2. The van der Waals surface area contributed by atoms with E-state index in [-0.39, 0.29) is 12.5 Å². The molecular weight excluding hydrogens is 330 g/mol. The minimum atomic E-state index is -0.865. The molecule has 1 aliphatic heterocycles. The molecule has 2 aromatic rings. The van der Waals surface area contributed by atoms with E-state index < -0.39 is 5.97 Å². The summed E-state index contributed by atoms with van der Waals surface area (Å²) in [5, 5.41) is 13.3. The highest BCUT2D eigenvalue weighted by atomic mass is 16.4.